The van der Waals surface area contributed by atoms with Crippen molar-refractivity contribution in [2.24, 2.45) is 0 Å². The summed E-state index contributed by atoms with van der Waals surface area (Å²) in [4.78, 5) is 15.1. The fourth-order valence-corrected chi connectivity index (χ4v) is 2.99. The number of likely N-dealkylation sites (N-methyl/N-ethyl adjacent to an activating group) is 1. The monoisotopic (exact) mass is 416 g/mol. The number of nitrogens with one attached hydrogen (secondary N) is 1. The van der Waals surface area contributed by atoms with E-state index in [2.05, 4.69) is 25.2 Å². The zero-order valence-electron chi connectivity index (χ0n) is 17.4. The van der Waals surface area contributed by atoms with Crippen LogP contribution < -0.4 is 20.5 Å². The molecule has 2 aromatic heterocycles. The summed E-state index contributed by atoms with van der Waals surface area (Å²) in [6.45, 7) is 1.42. The van der Waals surface area contributed by atoms with E-state index < -0.39 is 0 Å². The Kier molecular flexibility index (Phi) is 6.09. The van der Waals surface area contributed by atoms with Crippen molar-refractivity contribution in [2.45, 2.75) is 0 Å². The van der Waals surface area contributed by atoms with E-state index in [9.17, 15) is 0 Å². The number of fused-ring (bicyclic) bond motifs is 1. The number of nitrogens with two attached hydrogens (primary N) is 1. The molecule has 4 rings (SSSR count). The van der Waals surface area contributed by atoms with Crippen molar-refractivity contribution in [3.05, 3.63) is 67.0 Å². The van der Waals surface area contributed by atoms with Crippen LogP contribution in [0.15, 0.2) is 67.0 Å². The number of aromatic nitrogens is 3. The van der Waals surface area contributed by atoms with Crippen molar-refractivity contribution in [1.82, 2.24) is 19.9 Å². The SMILES string of the molecule is CN(C)CCOc1ccnc(Nc2nccc(Oc3ccc(N)c4ccccc34)n2)c1. The predicted molar refractivity (Wildman–Crippen MR) is 122 cm³/mol. The number of benzene rings is 2. The summed E-state index contributed by atoms with van der Waals surface area (Å²) in [6, 6.07) is 16.8. The molecule has 2 heterocycles. The van der Waals surface area contributed by atoms with Gasteiger partial charge in [-0.05, 0) is 32.3 Å². The Morgan fingerprint density at radius 2 is 1.77 bits per heavy atom. The van der Waals surface area contributed by atoms with E-state index in [0.717, 1.165) is 23.1 Å². The second-order valence-corrected chi connectivity index (χ2v) is 7.17. The summed E-state index contributed by atoms with van der Waals surface area (Å²) in [7, 11) is 4.00. The molecule has 8 heteroatoms. The van der Waals surface area contributed by atoms with Gasteiger partial charge in [0.1, 0.15) is 23.9 Å². The molecule has 0 bridgehead atoms. The molecule has 31 heavy (non-hydrogen) atoms. The van der Waals surface area contributed by atoms with Gasteiger partial charge in [-0.1, -0.05) is 24.3 Å². The molecule has 0 aliphatic rings. The topological polar surface area (TPSA) is 98.4 Å². The van der Waals surface area contributed by atoms with E-state index in [1.54, 1.807) is 24.5 Å². The van der Waals surface area contributed by atoms with Crippen LogP contribution in [-0.2, 0) is 0 Å². The van der Waals surface area contributed by atoms with E-state index in [1.165, 1.54) is 0 Å². The van der Waals surface area contributed by atoms with Gasteiger partial charge in [0.25, 0.3) is 0 Å². The number of hydrogen-bond donors (Lipinski definition) is 2. The van der Waals surface area contributed by atoms with Gasteiger partial charge in [0, 0.05) is 47.5 Å². The van der Waals surface area contributed by atoms with Crippen molar-refractivity contribution in [1.29, 1.82) is 0 Å². The number of rotatable bonds is 8. The average Bonchev–Trinajstić information content (AvgIpc) is 2.76. The van der Waals surface area contributed by atoms with Gasteiger partial charge in [0.05, 0.1) is 0 Å². The zero-order valence-corrected chi connectivity index (χ0v) is 17.4. The normalized spacial score (nSPS) is 10.9. The van der Waals surface area contributed by atoms with Crippen LogP contribution in [0.4, 0.5) is 17.5 Å². The number of anilines is 3. The minimum Gasteiger partial charge on any atom is -0.492 e. The molecular weight excluding hydrogens is 392 g/mol. The number of ether oxygens (including phenoxy) is 2. The third-order valence-corrected chi connectivity index (χ3v) is 4.54. The first kappa shape index (κ1) is 20.4. The van der Waals surface area contributed by atoms with Gasteiger partial charge in [0.2, 0.25) is 11.8 Å². The lowest BCUT2D eigenvalue weighted by Gasteiger charge is -2.12. The first-order valence-corrected chi connectivity index (χ1v) is 9.87. The molecule has 0 spiro atoms. The van der Waals surface area contributed by atoms with Gasteiger partial charge < -0.3 is 25.4 Å². The van der Waals surface area contributed by atoms with E-state index in [0.29, 0.717) is 35.7 Å². The fourth-order valence-electron chi connectivity index (χ4n) is 2.99. The van der Waals surface area contributed by atoms with Crippen molar-refractivity contribution >= 4 is 28.2 Å². The van der Waals surface area contributed by atoms with E-state index in [-0.39, 0.29) is 0 Å². The Bertz CT molecular complexity index is 1180. The summed E-state index contributed by atoms with van der Waals surface area (Å²) in [5, 5.41) is 4.94. The van der Waals surface area contributed by atoms with Crippen molar-refractivity contribution in [2.75, 3.05) is 38.3 Å². The molecule has 8 nitrogen and oxygen atoms in total. The zero-order chi connectivity index (χ0) is 21.6. The lowest BCUT2D eigenvalue weighted by atomic mass is 10.1. The molecular formula is C23H24N6O2. The van der Waals surface area contributed by atoms with Crippen molar-refractivity contribution < 1.29 is 9.47 Å². The lowest BCUT2D eigenvalue weighted by Crippen LogP contribution is -2.19. The maximum atomic E-state index is 6.08. The van der Waals surface area contributed by atoms with Crippen LogP contribution in [-0.4, -0.2) is 47.1 Å². The van der Waals surface area contributed by atoms with Gasteiger partial charge in [-0.15, -0.1) is 0 Å². The van der Waals surface area contributed by atoms with E-state index in [4.69, 9.17) is 15.2 Å². The Balaban J connectivity index is 1.49. The number of nitrogen functional groups attached to an aromatic ring is 1. The van der Waals surface area contributed by atoms with E-state index in [1.807, 2.05) is 56.6 Å². The average molecular weight is 416 g/mol. The summed E-state index contributed by atoms with van der Waals surface area (Å²) < 4.78 is 11.8. The van der Waals surface area contributed by atoms with Crippen LogP contribution in [0.1, 0.15) is 0 Å². The molecule has 158 valence electrons. The number of hydrogen-bond acceptors (Lipinski definition) is 8. The second-order valence-electron chi connectivity index (χ2n) is 7.17. The molecule has 0 atom stereocenters. The molecule has 4 aromatic rings. The Hall–Kier alpha value is -3.91. The highest BCUT2D eigenvalue weighted by molar-refractivity contribution is 5.97. The first-order chi connectivity index (χ1) is 15.1. The van der Waals surface area contributed by atoms with Crippen LogP contribution >= 0.6 is 0 Å². The maximum absolute atomic E-state index is 6.08. The molecule has 0 saturated carbocycles. The standard InChI is InChI=1S/C23H24N6O2/c1-29(2)13-14-30-16-9-11-25-21(15-16)27-23-26-12-10-22(28-23)31-20-8-7-19(24)17-5-3-4-6-18(17)20/h3-12,15H,13-14,24H2,1-2H3,(H,25,26,27,28). The largest absolute Gasteiger partial charge is 0.492 e. The fraction of sp³-hybridized carbons (Fsp3) is 0.174. The highest BCUT2D eigenvalue weighted by Crippen LogP contribution is 2.32. The van der Waals surface area contributed by atoms with Crippen LogP contribution in [0.25, 0.3) is 10.8 Å². The highest BCUT2D eigenvalue weighted by Gasteiger charge is 2.08. The first-order valence-electron chi connectivity index (χ1n) is 9.87. The number of nitrogens with zero attached hydrogens (tertiary/aromatic N) is 4. The van der Waals surface area contributed by atoms with Gasteiger partial charge in [-0.2, -0.15) is 4.98 Å². The molecule has 0 amide bonds. The minimum absolute atomic E-state index is 0.371. The van der Waals surface area contributed by atoms with Crippen molar-refractivity contribution in [3.63, 3.8) is 0 Å². The summed E-state index contributed by atoms with van der Waals surface area (Å²) in [5.41, 5.74) is 6.78. The van der Waals surface area contributed by atoms with Crippen LogP contribution in [0, 0.1) is 0 Å². The lowest BCUT2D eigenvalue weighted by molar-refractivity contribution is 0.261. The second kappa shape index (κ2) is 9.27. The molecule has 0 saturated heterocycles. The summed E-state index contributed by atoms with van der Waals surface area (Å²) in [5.74, 6) is 2.75. The van der Waals surface area contributed by atoms with Crippen LogP contribution in [0.2, 0.25) is 0 Å². The molecule has 2 aromatic carbocycles. The van der Waals surface area contributed by atoms with Crippen LogP contribution in [0.3, 0.4) is 0 Å². The molecule has 0 aliphatic heterocycles. The molecule has 0 radical (unpaired) electrons. The summed E-state index contributed by atoms with van der Waals surface area (Å²) in [6.07, 6.45) is 3.30. The predicted octanol–water partition coefficient (Wildman–Crippen LogP) is 4.08. The van der Waals surface area contributed by atoms with Crippen molar-refractivity contribution in [3.8, 4) is 17.4 Å². The molecule has 0 fully saturated rings. The molecule has 3 N–H and O–H groups in total. The smallest absolute Gasteiger partial charge is 0.231 e. The third kappa shape index (κ3) is 5.18. The Labute approximate surface area is 180 Å². The summed E-state index contributed by atoms with van der Waals surface area (Å²) >= 11 is 0. The quantitative estimate of drug-likeness (QED) is 0.415. The van der Waals surface area contributed by atoms with E-state index >= 15 is 0 Å². The van der Waals surface area contributed by atoms with Gasteiger partial charge in [0.15, 0.2) is 0 Å². The molecule has 0 unspecified atom stereocenters. The number of pyridine rings is 1. The third-order valence-electron chi connectivity index (χ3n) is 4.54. The van der Waals surface area contributed by atoms with Gasteiger partial charge in [-0.25, -0.2) is 9.97 Å². The molecule has 0 aliphatic carbocycles. The van der Waals surface area contributed by atoms with Gasteiger partial charge in [-0.3, -0.25) is 0 Å². The Morgan fingerprint density at radius 3 is 2.61 bits per heavy atom. The highest BCUT2D eigenvalue weighted by atomic mass is 16.5. The Morgan fingerprint density at radius 1 is 0.968 bits per heavy atom. The minimum atomic E-state index is 0.371. The van der Waals surface area contributed by atoms with Crippen LogP contribution in [0.5, 0.6) is 17.4 Å². The maximum Gasteiger partial charge on any atom is 0.231 e. The van der Waals surface area contributed by atoms with Gasteiger partial charge >= 0.3 is 0 Å².